The third-order valence-electron chi connectivity index (χ3n) is 6.76. The Balaban J connectivity index is 1.27. The summed E-state index contributed by atoms with van der Waals surface area (Å²) in [6, 6.07) is 10.5. The van der Waals surface area contributed by atoms with E-state index in [4.69, 9.17) is 0 Å². The minimum atomic E-state index is -2.96. The van der Waals surface area contributed by atoms with E-state index in [9.17, 15) is 13.2 Å². The smallest absolute Gasteiger partial charge is 0.234 e. The minimum Gasteiger partial charge on any atom is -0.351 e. The Bertz CT molecular complexity index is 1080. The molecule has 2 atom stereocenters. The number of rotatable bonds is 8. The van der Waals surface area contributed by atoms with E-state index in [1.807, 2.05) is 36.5 Å². The Morgan fingerprint density at radius 1 is 1.21 bits per heavy atom. The van der Waals surface area contributed by atoms with Crippen molar-refractivity contribution in [3.05, 3.63) is 52.8 Å². The highest BCUT2D eigenvalue weighted by atomic mass is 32.2. The Morgan fingerprint density at radius 3 is 2.67 bits per heavy atom. The molecule has 2 aliphatic rings. The first-order valence-corrected chi connectivity index (χ1v) is 13.5. The number of likely N-dealkylation sites (N-methyl/N-ethyl adjacent to an activating group) is 1. The number of sulfone groups is 1. The van der Waals surface area contributed by atoms with Crippen molar-refractivity contribution in [2.45, 2.75) is 51.9 Å². The molecule has 180 valence electrons. The number of aryl methyl sites for hydroxylation is 1. The van der Waals surface area contributed by atoms with Gasteiger partial charge < -0.3 is 5.32 Å². The van der Waals surface area contributed by atoms with Crippen LogP contribution in [-0.2, 0) is 27.7 Å². The van der Waals surface area contributed by atoms with Gasteiger partial charge in [-0.2, -0.15) is 5.10 Å². The maximum Gasteiger partial charge on any atom is 0.234 e. The maximum atomic E-state index is 12.7. The van der Waals surface area contributed by atoms with Crippen LogP contribution in [0.3, 0.4) is 0 Å². The van der Waals surface area contributed by atoms with Crippen LogP contribution < -0.4 is 5.32 Å². The summed E-state index contributed by atoms with van der Waals surface area (Å²) in [6.07, 6.45) is 1.59. The fraction of sp³-hybridized carbons (Fsp3) is 0.583. The molecular weight excluding hydrogens is 438 g/mol. The fourth-order valence-corrected chi connectivity index (χ4v) is 6.72. The molecule has 0 spiro atoms. The van der Waals surface area contributed by atoms with E-state index in [-0.39, 0.29) is 29.5 Å². The lowest BCUT2D eigenvalue weighted by molar-refractivity contribution is -0.122. The topological polar surface area (TPSA) is 87.5 Å². The van der Waals surface area contributed by atoms with Crippen molar-refractivity contribution >= 4 is 15.7 Å². The van der Waals surface area contributed by atoms with E-state index in [2.05, 4.69) is 39.6 Å². The van der Waals surface area contributed by atoms with Crippen LogP contribution in [-0.4, -0.2) is 78.1 Å². The zero-order valence-electron chi connectivity index (χ0n) is 19.8. The van der Waals surface area contributed by atoms with E-state index in [1.165, 1.54) is 5.56 Å². The Kier molecular flexibility index (Phi) is 7.21. The van der Waals surface area contributed by atoms with Gasteiger partial charge in [-0.3, -0.25) is 19.3 Å². The van der Waals surface area contributed by atoms with Gasteiger partial charge >= 0.3 is 0 Å². The minimum absolute atomic E-state index is 0.0358. The predicted molar refractivity (Wildman–Crippen MR) is 129 cm³/mol. The lowest BCUT2D eigenvalue weighted by Crippen LogP contribution is -2.42. The summed E-state index contributed by atoms with van der Waals surface area (Å²) in [4.78, 5) is 17.0. The molecule has 4 rings (SSSR count). The molecule has 8 nitrogen and oxygen atoms in total. The van der Waals surface area contributed by atoms with Crippen LogP contribution in [0.15, 0.2) is 30.3 Å². The second-order valence-electron chi connectivity index (χ2n) is 9.60. The number of nitrogens with one attached hydrogen (secondary N) is 1. The molecular formula is C24H35N5O3S. The summed E-state index contributed by atoms with van der Waals surface area (Å²) in [5, 5.41) is 7.83. The highest BCUT2D eigenvalue weighted by Crippen LogP contribution is 2.27. The summed E-state index contributed by atoms with van der Waals surface area (Å²) >= 11 is 0. The van der Waals surface area contributed by atoms with Crippen molar-refractivity contribution < 1.29 is 13.2 Å². The second-order valence-corrected chi connectivity index (χ2v) is 11.8. The van der Waals surface area contributed by atoms with Crippen molar-refractivity contribution in [3.63, 3.8) is 0 Å². The number of carbonyl (C=O) groups is 1. The zero-order chi connectivity index (χ0) is 23.6. The summed E-state index contributed by atoms with van der Waals surface area (Å²) < 4.78 is 25.6. The molecule has 33 heavy (non-hydrogen) atoms. The van der Waals surface area contributed by atoms with Crippen LogP contribution >= 0.6 is 0 Å². The number of amides is 1. The number of benzene rings is 1. The first-order chi connectivity index (χ1) is 15.7. The Morgan fingerprint density at radius 2 is 1.97 bits per heavy atom. The molecule has 2 aliphatic heterocycles. The van der Waals surface area contributed by atoms with Gasteiger partial charge in [0.15, 0.2) is 9.84 Å². The monoisotopic (exact) mass is 473 g/mol. The summed E-state index contributed by atoms with van der Waals surface area (Å²) in [6.45, 7) is 7.65. The quantitative estimate of drug-likeness (QED) is 0.628. The van der Waals surface area contributed by atoms with Crippen molar-refractivity contribution in [2.24, 2.45) is 0 Å². The molecule has 2 aromatic rings. The molecule has 0 unspecified atom stereocenters. The van der Waals surface area contributed by atoms with Gasteiger partial charge in [0.1, 0.15) is 0 Å². The number of hydrogen-bond acceptors (Lipinski definition) is 6. The predicted octanol–water partition coefficient (Wildman–Crippen LogP) is 1.68. The third kappa shape index (κ3) is 6.02. The summed E-state index contributed by atoms with van der Waals surface area (Å²) in [5.41, 5.74) is 4.26. The van der Waals surface area contributed by atoms with Gasteiger partial charge in [-0.25, -0.2) is 8.42 Å². The Labute approximate surface area is 196 Å². The van der Waals surface area contributed by atoms with Gasteiger partial charge in [-0.1, -0.05) is 30.3 Å². The van der Waals surface area contributed by atoms with E-state index in [1.54, 1.807) is 0 Å². The molecule has 3 heterocycles. The van der Waals surface area contributed by atoms with Crippen molar-refractivity contribution in [3.8, 4) is 0 Å². The largest absolute Gasteiger partial charge is 0.351 e. The van der Waals surface area contributed by atoms with Crippen molar-refractivity contribution in [2.75, 3.05) is 38.2 Å². The highest BCUT2D eigenvalue weighted by Gasteiger charge is 2.31. The van der Waals surface area contributed by atoms with Gasteiger partial charge in [0.2, 0.25) is 5.91 Å². The first kappa shape index (κ1) is 23.9. The van der Waals surface area contributed by atoms with Crippen molar-refractivity contribution in [1.82, 2.24) is 24.9 Å². The second kappa shape index (κ2) is 9.95. The summed E-state index contributed by atoms with van der Waals surface area (Å²) in [5.74, 6) is 0.429. The third-order valence-corrected chi connectivity index (χ3v) is 8.51. The molecule has 2 saturated heterocycles. The van der Waals surface area contributed by atoms with E-state index >= 15 is 0 Å². The number of hydrogen-bond donors (Lipinski definition) is 1. The van der Waals surface area contributed by atoms with Gasteiger partial charge in [0.25, 0.3) is 0 Å². The molecule has 0 aliphatic carbocycles. The maximum absolute atomic E-state index is 12.7. The molecule has 1 N–H and O–H groups in total. The lowest BCUT2D eigenvalue weighted by Gasteiger charge is -2.20. The van der Waals surface area contributed by atoms with E-state index in [0.29, 0.717) is 19.5 Å². The standard InChI is InChI=1S/C24H35N5O3S/c1-18-23(19(2)29(26-18)22-10-12-33(31,32)17-22)15-27(3)16-24(30)25-21-9-11-28(14-21)13-20-7-5-4-6-8-20/h4-8,21-22H,9-17H2,1-3H3,(H,25,30)/t21-,22+/m1/s1. The normalized spacial score (nSPS) is 22.8. The average Bonchev–Trinajstić information content (AvgIpc) is 3.42. The number of nitrogens with zero attached hydrogens (tertiary/aromatic N) is 4. The van der Waals surface area contributed by atoms with Gasteiger partial charge in [0, 0.05) is 43.5 Å². The van der Waals surface area contributed by atoms with Gasteiger partial charge in [-0.05, 0) is 39.3 Å². The fourth-order valence-electron chi connectivity index (χ4n) is 5.03. The first-order valence-electron chi connectivity index (χ1n) is 11.7. The molecule has 1 aromatic carbocycles. The lowest BCUT2D eigenvalue weighted by atomic mass is 10.1. The molecule has 0 saturated carbocycles. The van der Waals surface area contributed by atoms with Crippen LogP contribution in [0.1, 0.15) is 41.4 Å². The van der Waals surface area contributed by atoms with Crippen LogP contribution in [0.2, 0.25) is 0 Å². The van der Waals surface area contributed by atoms with Crippen LogP contribution in [0.4, 0.5) is 0 Å². The van der Waals surface area contributed by atoms with Crippen LogP contribution in [0.5, 0.6) is 0 Å². The van der Waals surface area contributed by atoms with Crippen LogP contribution in [0, 0.1) is 13.8 Å². The molecule has 1 aromatic heterocycles. The average molecular weight is 474 g/mol. The summed E-state index contributed by atoms with van der Waals surface area (Å²) in [7, 11) is -1.03. The Hall–Kier alpha value is -2.23. The van der Waals surface area contributed by atoms with Gasteiger partial charge in [0.05, 0.1) is 29.8 Å². The molecule has 1 amide bonds. The molecule has 0 bridgehead atoms. The highest BCUT2D eigenvalue weighted by molar-refractivity contribution is 7.91. The number of likely N-dealkylation sites (tertiary alicyclic amines) is 1. The molecule has 0 radical (unpaired) electrons. The van der Waals surface area contributed by atoms with E-state index < -0.39 is 9.84 Å². The van der Waals surface area contributed by atoms with Crippen molar-refractivity contribution in [1.29, 1.82) is 0 Å². The molecule has 9 heteroatoms. The molecule has 2 fully saturated rings. The van der Waals surface area contributed by atoms with E-state index in [0.717, 1.165) is 43.0 Å². The number of aromatic nitrogens is 2. The SMILES string of the molecule is Cc1nn([C@H]2CCS(=O)(=O)C2)c(C)c1CN(C)CC(=O)N[C@@H]1CCN(Cc2ccccc2)C1. The number of carbonyl (C=O) groups excluding carboxylic acids is 1. The van der Waals surface area contributed by atoms with Crippen LogP contribution in [0.25, 0.3) is 0 Å². The zero-order valence-corrected chi connectivity index (χ0v) is 20.6. The van der Waals surface area contributed by atoms with Gasteiger partial charge in [-0.15, -0.1) is 0 Å².